The monoisotopic (exact) mass is 572 g/mol. The van der Waals surface area contributed by atoms with Gasteiger partial charge in [0.2, 0.25) is 15.9 Å². The predicted octanol–water partition coefficient (Wildman–Crippen LogP) is 2.73. The van der Waals surface area contributed by atoms with E-state index in [4.69, 9.17) is 9.47 Å². The van der Waals surface area contributed by atoms with E-state index in [2.05, 4.69) is 29.9 Å². The summed E-state index contributed by atoms with van der Waals surface area (Å²) >= 11 is 0. The number of carbonyl (C=O) groups is 1. The number of pyridine rings is 1. The number of rotatable bonds is 10. The Morgan fingerprint density at radius 3 is 2.55 bits per heavy atom. The smallest absolute Gasteiger partial charge is 0.254 e. The molecule has 0 spiro atoms. The highest BCUT2D eigenvalue weighted by Crippen LogP contribution is 2.29. The molecule has 214 valence electrons. The number of nitrogens with one attached hydrogen (secondary N) is 2. The zero-order valence-corrected chi connectivity index (χ0v) is 23.1. The number of benzene rings is 1. The summed E-state index contributed by atoms with van der Waals surface area (Å²) in [6, 6.07) is 7.68. The Morgan fingerprint density at radius 2 is 1.88 bits per heavy atom. The van der Waals surface area contributed by atoms with Crippen LogP contribution >= 0.6 is 0 Å². The summed E-state index contributed by atoms with van der Waals surface area (Å²) in [6.07, 6.45) is 7.70. The van der Waals surface area contributed by atoms with Crippen LogP contribution in [0.3, 0.4) is 0 Å². The van der Waals surface area contributed by atoms with Crippen molar-refractivity contribution in [3.63, 3.8) is 0 Å². The lowest BCUT2D eigenvalue weighted by molar-refractivity contribution is 0.0383. The molecule has 11 nitrogen and oxygen atoms in total. The highest BCUT2D eigenvalue weighted by atomic mass is 32.2. The fourth-order valence-corrected chi connectivity index (χ4v) is 5.24. The number of amides is 1. The molecule has 3 heterocycles. The number of nitrogens with zero attached hydrogens (tertiary/aromatic N) is 4. The molecule has 0 unspecified atom stereocenters. The summed E-state index contributed by atoms with van der Waals surface area (Å²) in [5.41, 5.74) is 1.61. The van der Waals surface area contributed by atoms with Gasteiger partial charge < -0.3 is 14.8 Å². The molecular formula is C27H33FN6O5S. The molecule has 3 aromatic rings. The molecule has 2 N–H and O–H groups in total. The maximum atomic E-state index is 14.4. The molecule has 1 saturated carbocycles. The second kappa shape index (κ2) is 14.1. The first kappa shape index (κ1) is 29.3. The molecule has 5 rings (SSSR count). The van der Waals surface area contributed by atoms with E-state index < -0.39 is 21.7 Å². The van der Waals surface area contributed by atoms with E-state index in [-0.39, 0.29) is 10.8 Å². The lowest BCUT2D eigenvalue weighted by atomic mass is 10.1. The molecular weight excluding hydrogens is 539 g/mol. The molecule has 1 aliphatic heterocycles. The number of morpholine rings is 1. The van der Waals surface area contributed by atoms with Gasteiger partial charge in [-0.2, -0.15) is 0 Å². The standard InChI is InChI=1S/C19H23FN4O3.C8H10N2O2S/c1-2-27-18-13-21-12-17(23-18)14-3-4-15(16(20)11-14)19(25)22-5-6-24-7-9-26-10-8-24;11-13(12,8-1-2-8)10-7-3-5-9-6-4-7/h3-4,11-13H,2,5-10H2,1H3,(H,22,25);3-6,8H,1-2H2,(H,9,10). The quantitative estimate of drug-likeness (QED) is 0.376. The number of sulfonamides is 1. The molecule has 13 heteroatoms. The molecule has 2 aliphatic rings. The van der Waals surface area contributed by atoms with E-state index in [0.29, 0.717) is 55.7 Å². The average Bonchev–Trinajstić information content (AvgIpc) is 3.81. The van der Waals surface area contributed by atoms with Crippen LogP contribution in [-0.2, 0) is 14.8 Å². The summed E-state index contributed by atoms with van der Waals surface area (Å²) in [6.45, 7) is 6.60. The molecule has 1 amide bonds. The number of ether oxygens (including phenoxy) is 2. The molecule has 1 aromatic carbocycles. The molecule has 0 atom stereocenters. The van der Waals surface area contributed by atoms with E-state index in [1.807, 2.05) is 6.92 Å². The Morgan fingerprint density at radius 1 is 1.12 bits per heavy atom. The lowest BCUT2D eigenvalue weighted by Gasteiger charge is -2.26. The van der Waals surface area contributed by atoms with Crippen LogP contribution in [0, 0.1) is 5.82 Å². The predicted molar refractivity (Wildman–Crippen MR) is 148 cm³/mol. The summed E-state index contributed by atoms with van der Waals surface area (Å²) in [7, 11) is -3.12. The maximum absolute atomic E-state index is 14.4. The largest absolute Gasteiger partial charge is 0.477 e. The van der Waals surface area contributed by atoms with Crippen molar-refractivity contribution in [2.75, 3.05) is 50.7 Å². The molecule has 0 radical (unpaired) electrons. The second-order valence-corrected chi connectivity index (χ2v) is 11.1. The zero-order chi connectivity index (χ0) is 28.4. The van der Waals surface area contributed by atoms with Crippen LogP contribution in [0.4, 0.5) is 10.1 Å². The van der Waals surface area contributed by atoms with Gasteiger partial charge in [-0.25, -0.2) is 17.8 Å². The van der Waals surface area contributed by atoms with Crippen LogP contribution in [0.2, 0.25) is 0 Å². The molecule has 1 saturated heterocycles. The van der Waals surface area contributed by atoms with Crippen molar-refractivity contribution in [3.8, 4) is 17.1 Å². The van der Waals surface area contributed by atoms with Crippen LogP contribution < -0.4 is 14.8 Å². The van der Waals surface area contributed by atoms with Crippen molar-refractivity contribution in [1.82, 2.24) is 25.2 Å². The first-order chi connectivity index (χ1) is 19.4. The SMILES string of the molecule is CCOc1cncc(-c2ccc(C(=O)NCCN3CCOCC3)c(F)c2)n1.O=S(=O)(Nc1ccncc1)C1CC1. The van der Waals surface area contributed by atoms with Crippen LogP contribution in [0.1, 0.15) is 30.1 Å². The summed E-state index contributed by atoms with van der Waals surface area (Å²) in [5, 5.41) is 2.58. The van der Waals surface area contributed by atoms with Gasteiger partial charge in [-0.1, -0.05) is 6.07 Å². The lowest BCUT2D eigenvalue weighted by Crippen LogP contribution is -2.41. The topological polar surface area (TPSA) is 136 Å². The van der Waals surface area contributed by atoms with Crippen molar-refractivity contribution < 1.29 is 27.1 Å². The minimum Gasteiger partial charge on any atom is -0.477 e. The summed E-state index contributed by atoms with van der Waals surface area (Å²) < 4.78 is 50.4. The molecule has 0 bridgehead atoms. The van der Waals surface area contributed by atoms with E-state index >= 15 is 0 Å². The third-order valence-corrected chi connectivity index (χ3v) is 8.00. The molecule has 2 fully saturated rings. The van der Waals surface area contributed by atoms with Crippen LogP contribution in [0.15, 0.2) is 55.1 Å². The number of halogens is 1. The van der Waals surface area contributed by atoms with Gasteiger partial charge in [0, 0.05) is 44.1 Å². The fourth-order valence-electron chi connectivity index (χ4n) is 3.86. The first-order valence-corrected chi connectivity index (χ1v) is 14.6. The van der Waals surface area contributed by atoms with Gasteiger partial charge in [0.25, 0.3) is 5.91 Å². The summed E-state index contributed by atoms with van der Waals surface area (Å²) in [4.78, 5) is 26.6. The first-order valence-electron chi connectivity index (χ1n) is 13.1. The minimum atomic E-state index is -3.12. The van der Waals surface area contributed by atoms with E-state index in [0.717, 1.165) is 25.9 Å². The van der Waals surface area contributed by atoms with Gasteiger partial charge in [0.15, 0.2) is 0 Å². The van der Waals surface area contributed by atoms with Crippen LogP contribution in [-0.4, -0.2) is 85.4 Å². The number of carbonyl (C=O) groups excluding carboxylic acids is 1. The number of anilines is 1. The third kappa shape index (κ3) is 8.66. The van der Waals surface area contributed by atoms with Crippen molar-refractivity contribution in [1.29, 1.82) is 0 Å². The van der Waals surface area contributed by atoms with Gasteiger partial charge in [-0.15, -0.1) is 0 Å². The highest BCUT2D eigenvalue weighted by molar-refractivity contribution is 7.93. The van der Waals surface area contributed by atoms with Crippen molar-refractivity contribution in [2.45, 2.75) is 25.0 Å². The van der Waals surface area contributed by atoms with Gasteiger partial charge in [0.05, 0.1) is 54.4 Å². The minimum absolute atomic E-state index is 0.00893. The zero-order valence-electron chi connectivity index (χ0n) is 22.3. The van der Waals surface area contributed by atoms with Gasteiger partial charge in [0.1, 0.15) is 5.82 Å². The third-order valence-electron chi connectivity index (χ3n) is 6.14. The normalized spacial score (nSPS) is 15.4. The average molecular weight is 573 g/mol. The van der Waals surface area contributed by atoms with Gasteiger partial charge >= 0.3 is 0 Å². The van der Waals surface area contributed by atoms with E-state index in [1.165, 1.54) is 24.5 Å². The van der Waals surface area contributed by atoms with E-state index in [9.17, 15) is 17.6 Å². The Bertz CT molecular complexity index is 1370. The van der Waals surface area contributed by atoms with Crippen molar-refractivity contribution in [3.05, 3.63) is 66.5 Å². The second-order valence-electron chi connectivity index (χ2n) is 9.16. The van der Waals surface area contributed by atoms with Gasteiger partial charge in [-0.3, -0.25) is 24.4 Å². The van der Waals surface area contributed by atoms with Gasteiger partial charge in [-0.05, 0) is 44.0 Å². The summed E-state index contributed by atoms with van der Waals surface area (Å²) in [5.74, 6) is -0.651. The molecule has 40 heavy (non-hydrogen) atoms. The number of aromatic nitrogens is 3. The maximum Gasteiger partial charge on any atom is 0.254 e. The number of hydrogen-bond donors (Lipinski definition) is 2. The van der Waals surface area contributed by atoms with Crippen molar-refractivity contribution in [2.24, 2.45) is 0 Å². The number of hydrogen-bond acceptors (Lipinski definition) is 9. The van der Waals surface area contributed by atoms with E-state index in [1.54, 1.807) is 30.6 Å². The molecule has 1 aliphatic carbocycles. The Kier molecular flexibility index (Phi) is 10.3. The molecule has 2 aromatic heterocycles. The van der Waals surface area contributed by atoms with Crippen molar-refractivity contribution >= 4 is 21.6 Å². The van der Waals surface area contributed by atoms with Crippen LogP contribution in [0.25, 0.3) is 11.3 Å². The Balaban J connectivity index is 0.000000236. The fraction of sp³-hybridized carbons (Fsp3) is 0.407. The Hall–Kier alpha value is -3.68. The Labute approximate surface area is 233 Å². The highest BCUT2D eigenvalue weighted by Gasteiger charge is 2.35. The van der Waals surface area contributed by atoms with Crippen LogP contribution in [0.5, 0.6) is 5.88 Å².